The molecule has 0 radical (unpaired) electrons. The van der Waals surface area contributed by atoms with Gasteiger partial charge in [-0.2, -0.15) is 0 Å². The molecule has 18 heteroatoms. The lowest BCUT2D eigenvalue weighted by atomic mass is 9.46. The number of hydrogen-bond donors (Lipinski definition) is 10. The van der Waals surface area contributed by atoms with Gasteiger partial charge in [0.15, 0.2) is 30.9 Å². The molecular formula is C45H72O18. The highest BCUT2D eigenvalue weighted by molar-refractivity contribution is 5.27. The van der Waals surface area contributed by atoms with Crippen LogP contribution in [0.3, 0.4) is 0 Å². The van der Waals surface area contributed by atoms with Gasteiger partial charge < -0.3 is 89.0 Å². The van der Waals surface area contributed by atoms with E-state index in [4.69, 9.17) is 37.9 Å². The van der Waals surface area contributed by atoms with Crippen LogP contribution in [0.2, 0.25) is 0 Å². The predicted octanol–water partition coefficient (Wildman–Crippen LogP) is -0.469. The summed E-state index contributed by atoms with van der Waals surface area (Å²) in [4.78, 5) is 0. The van der Waals surface area contributed by atoms with Crippen LogP contribution in [0.1, 0.15) is 92.9 Å². The zero-order valence-corrected chi connectivity index (χ0v) is 37.1. The third-order valence-corrected chi connectivity index (χ3v) is 17.9. The Morgan fingerprint density at radius 2 is 1.30 bits per heavy atom. The van der Waals surface area contributed by atoms with Crippen molar-refractivity contribution in [2.24, 2.45) is 46.3 Å². The maximum Gasteiger partial charge on any atom is 0.187 e. The highest BCUT2D eigenvalue weighted by atomic mass is 16.8. The van der Waals surface area contributed by atoms with Crippen molar-refractivity contribution in [3.63, 3.8) is 0 Å². The van der Waals surface area contributed by atoms with Gasteiger partial charge in [-0.3, -0.25) is 0 Å². The largest absolute Gasteiger partial charge is 0.394 e. The van der Waals surface area contributed by atoms with Crippen LogP contribution in [0.5, 0.6) is 0 Å². The van der Waals surface area contributed by atoms with Crippen LogP contribution in [-0.4, -0.2) is 180 Å². The lowest BCUT2D eigenvalue weighted by molar-refractivity contribution is -0.388. The minimum Gasteiger partial charge on any atom is -0.394 e. The van der Waals surface area contributed by atoms with E-state index in [1.807, 2.05) is 6.92 Å². The fourth-order valence-corrected chi connectivity index (χ4v) is 14.0. The highest BCUT2D eigenvalue weighted by Crippen LogP contribution is 2.71. The first-order chi connectivity index (χ1) is 29.7. The summed E-state index contributed by atoms with van der Waals surface area (Å²) in [6.45, 7) is 11.0. The summed E-state index contributed by atoms with van der Waals surface area (Å²) in [5, 5.41) is 109. The minimum atomic E-state index is -1.74. The molecule has 0 aromatic heterocycles. The molecule has 9 rings (SSSR count). The molecule has 360 valence electrons. The summed E-state index contributed by atoms with van der Waals surface area (Å²) < 4.78 is 49.6. The van der Waals surface area contributed by atoms with Crippen molar-refractivity contribution in [2.45, 2.75) is 215 Å². The topological polar surface area (TPSA) is 276 Å². The molecule has 4 aliphatic carbocycles. The molecule has 63 heavy (non-hydrogen) atoms. The third kappa shape index (κ3) is 7.53. The van der Waals surface area contributed by atoms with Crippen molar-refractivity contribution < 1.29 is 89.0 Å². The number of aliphatic hydroxyl groups excluding tert-OH is 10. The maximum absolute atomic E-state index is 12.3. The molecule has 9 aliphatic rings. The lowest BCUT2D eigenvalue weighted by Crippen LogP contribution is -2.66. The number of allylic oxidation sites excluding steroid dienone is 1. The first kappa shape index (κ1) is 47.1. The van der Waals surface area contributed by atoms with Crippen molar-refractivity contribution in [1.29, 1.82) is 0 Å². The van der Waals surface area contributed by atoms with Gasteiger partial charge in [-0.05, 0) is 82.0 Å². The van der Waals surface area contributed by atoms with Crippen LogP contribution >= 0.6 is 0 Å². The van der Waals surface area contributed by atoms with E-state index in [2.05, 4.69) is 26.8 Å². The second-order valence-electron chi connectivity index (χ2n) is 21.2. The van der Waals surface area contributed by atoms with E-state index >= 15 is 0 Å². The molecule has 1 spiro atoms. The Kier molecular flexibility index (Phi) is 12.9. The van der Waals surface area contributed by atoms with Crippen LogP contribution in [0, 0.1) is 46.3 Å². The van der Waals surface area contributed by atoms with Gasteiger partial charge in [0.05, 0.1) is 37.1 Å². The number of rotatable bonds is 7. The fourth-order valence-electron chi connectivity index (χ4n) is 14.0. The Morgan fingerprint density at radius 3 is 1.92 bits per heavy atom. The van der Waals surface area contributed by atoms with E-state index in [9.17, 15) is 51.1 Å². The molecule has 8 fully saturated rings. The van der Waals surface area contributed by atoms with Crippen molar-refractivity contribution in [1.82, 2.24) is 0 Å². The zero-order valence-electron chi connectivity index (χ0n) is 37.1. The molecule has 0 bridgehead atoms. The Morgan fingerprint density at radius 1 is 0.667 bits per heavy atom. The summed E-state index contributed by atoms with van der Waals surface area (Å²) in [6, 6.07) is 0. The molecule has 18 nitrogen and oxygen atoms in total. The van der Waals surface area contributed by atoms with E-state index in [1.54, 1.807) is 0 Å². The maximum atomic E-state index is 12.3. The normalized spacial score (nSPS) is 59.3. The predicted molar refractivity (Wildman–Crippen MR) is 215 cm³/mol. The number of ether oxygens (including phenoxy) is 8. The van der Waals surface area contributed by atoms with Crippen LogP contribution in [0.15, 0.2) is 11.6 Å². The van der Waals surface area contributed by atoms with Crippen LogP contribution in [-0.2, 0) is 37.9 Å². The van der Waals surface area contributed by atoms with Gasteiger partial charge in [0.25, 0.3) is 0 Å². The molecule has 5 saturated heterocycles. The Balaban J connectivity index is 0.926. The second-order valence-corrected chi connectivity index (χ2v) is 21.2. The molecule has 0 amide bonds. The van der Waals surface area contributed by atoms with Gasteiger partial charge in [-0.25, -0.2) is 0 Å². The molecule has 0 aromatic carbocycles. The Bertz CT molecular complexity index is 1670. The van der Waals surface area contributed by atoms with Gasteiger partial charge in [0.2, 0.25) is 0 Å². The molecule has 5 heterocycles. The number of aliphatic hydroxyl groups is 10. The van der Waals surface area contributed by atoms with Crippen LogP contribution in [0.25, 0.3) is 0 Å². The van der Waals surface area contributed by atoms with Crippen LogP contribution < -0.4 is 0 Å². The van der Waals surface area contributed by atoms with E-state index in [0.717, 1.165) is 32.1 Å². The fraction of sp³-hybridized carbons (Fsp3) is 0.956. The molecule has 0 aromatic rings. The van der Waals surface area contributed by atoms with E-state index in [-0.39, 0.29) is 46.5 Å². The SMILES string of the molecule is C[C@@H]1CC[C@@]2(O[C@H]1O)O[C@H]1C[C@H]3[C@@H]4CC=C5C[C@@H](O[C@@H]6O[C@H](CO)[C@H](O[C@@H]7O[C@@H](C)[C@H](O)[C@@H](O)[C@H]7O)[C@H](O)[C@H]6O[C@@H]6O[C@@H](C)[C@H](O)[C@@H](O)[C@H]6O)CC[C@]5(C)[C@H]4C[C@@H](O)[C@]3(C)[C@H]1[C@@H]2C. The summed E-state index contributed by atoms with van der Waals surface area (Å²) in [7, 11) is 0. The molecule has 5 aliphatic heterocycles. The van der Waals surface area contributed by atoms with Gasteiger partial charge in [-0.15, -0.1) is 0 Å². The lowest BCUT2D eigenvalue weighted by Gasteiger charge is -2.60. The number of hydrogen-bond acceptors (Lipinski definition) is 18. The summed E-state index contributed by atoms with van der Waals surface area (Å²) in [5.41, 5.74) is 0.595. The Hall–Kier alpha value is -0.980. The average Bonchev–Trinajstić information content (AvgIpc) is 3.70. The zero-order chi connectivity index (χ0) is 45.2. The minimum absolute atomic E-state index is 0.00938. The van der Waals surface area contributed by atoms with Gasteiger partial charge >= 0.3 is 0 Å². The van der Waals surface area contributed by atoms with E-state index in [0.29, 0.717) is 25.2 Å². The van der Waals surface area contributed by atoms with Crippen molar-refractivity contribution >= 4 is 0 Å². The second kappa shape index (κ2) is 17.2. The van der Waals surface area contributed by atoms with Gasteiger partial charge in [0.1, 0.15) is 61.0 Å². The van der Waals surface area contributed by atoms with Gasteiger partial charge in [0, 0.05) is 29.6 Å². The molecule has 0 unspecified atom stereocenters. The summed E-state index contributed by atoms with van der Waals surface area (Å²) in [5.74, 6) is 0.0651. The average molecular weight is 901 g/mol. The molecular weight excluding hydrogens is 828 g/mol. The van der Waals surface area contributed by atoms with E-state index in [1.165, 1.54) is 19.4 Å². The summed E-state index contributed by atoms with van der Waals surface area (Å²) >= 11 is 0. The first-order valence-corrected chi connectivity index (χ1v) is 23.4. The van der Waals surface area contributed by atoms with Crippen molar-refractivity contribution in [3.8, 4) is 0 Å². The highest BCUT2D eigenvalue weighted by Gasteiger charge is 2.71. The Labute approximate surface area is 368 Å². The third-order valence-electron chi connectivity index (χ3n) is 17.9. The van der Waals surface area contributed by atoms with Crippen molar-refractivity contribution in [3.05, 3.63) is 11.6 Å². The number of fused-ring (bicyclic) bond motifs is 7. The summed E-state index contributed by atoms with van der Waals surface area (Å²) in [6.07, 6.45) is -15.9. The standard InChI is InChI=1S/C45H72O18/c1-17-9-12-45(63-39(17)55)18(2)29-26(62-45)14-25-23-8-7-21-13-22(10-11-43(21,5)24(23)15-28(47)44(25,29)6)58-42-38(61-41-35(53)33(51)31(49)20(4)57-41)36(54)37(27(16-46)59-42)60-40-34(52)32(50)30(48)19(3)56-40/h7,17-20,22-42,46-55H,8-16H2,1-6H3/t17-,18+,19+,20+,22+,23-,24+,25+,26+,27-,28-,29+,30+,31+,32-,33-,34-,35-,36+,37+,38-,39-,40+,41+,42-,43+,44-,45+/m1/s1. The van der Waals surface area contributed by atoms with Crippen molar-refractivity contribution in [2.75, 3.05) is 6.61 Å². The molecule has 10 N–H and O–H groups in total. The van der Waals surface area contributed by atoms with E-state index < -0.39 is 123 Å². The molecule has 3 saturated carbocycles. The smallest absolute Gasteiger partial charge is 0.187 e. The van der Waals surface area contributed by atoms with Crippen LogP contribution in [0.4, 0.5) is 0 Å². The van der Waals surface area contributed by atoms with Gasteiger partial charge in [-0.1, -0.05) is 39.3 Å². The quantitative estimate of drug-likeness (QED) is 0.145. The molecule has 28 atom stereocenters. The first-order valence-electron chi connectivity index (χ1n) is 23.4. The monoisotopic (exact) mass is 900 g/mol.